The van der Waals surface area contributed by atoms with Gasteiger partial charge in [-0.05, 0) is 0 Å². The molecule has 0 bridgehead atoms. The maximum atomic E-state index is 12.2. The van der Waals surface area contributed by atoms with Crippen LogP contribution in [0.4, 0.5) is 5.95 Å². The predicted molar refractivity (Wildman–Crippen MR) is 103 cm³/mol. The molecule has 186 valence electrons. The van der Waals surface area contributed by atoms with Crippen LogP contribution in [-0.4, -0.2) is 73.8 Å². The average molecular weight is 537 g/mol. The van der Waals surface area contributed by atoms with E-state index < -0.39 is 60.2 Å². The molecule has 3 heterocycles. The Balaban J connectivity index is 1.75. The molecular formula is C11H18N5O14P3. The molecule has 1 saturated heterocycles. The van der Waals surface area contributed by atoms with Crippen LogP contribution in [0.5, 0.6) is 0 Å². The van der Waals surface area contributed by atoms with Crippen molar-refractivity contribution in [2.45, 2.75) is 24.5 Å². The second-order valence-electron chi connectivity index (χ2n) is 6.59. The first-order chi connectivity index (χ1) is 15.0. The number of hydrogen-bond donors (Lipinski definition) is 7. The van der Waals surface area contributed by atoms with Crippen LogP contribution in [-0.2, 0) is 38.6 Å². The van der Waals surface area contributed by atoms with Crippen LogP contribution in [0.1, 0.15) is 6.23 Å². The number of nitrogens with two attached hydrogens (primary N) is 1. The number of rotatable bonds is 8. The first-order valence-electron chi connectivity index (χ1n) is 8.50. The molecule has 3 unspecified atom stereocenters. The second-order valence-corrected chi connectivity index (χ2v) is 11.0. The van der Waals surface area contributed by atoms with Crippen molar-refractivity contribution < 1.29 is 61.4 Å². The van der Waals surface area contributed by atoms with Crippen molar-refractivity contribution in [1.82, 2.24) is 19.1 Å². The molecule has 8 N–H and O–H groups in total. The van der Waals surface area contributed by atoms with Gasteiger partial charge in [0.2, 0.25) is 5.95 Å². The quantitative estimate of drug-likeness (QED) is 0.174. The van der Waals surface area contributed by atoms with Crippen LogP contribution < -0.4 is 11.3 Å². The maximum Gasteiger partial charge on any atom is 0.490 e. The van der Waals surface area contributed by atoms with Gasteiger partial charge in [-0.15, -0.1) is 0 Å². The van der Waals surface area contributed by atoms with Gasteiger partial charge in [0.05, 0.1) is 12.9 Å². The third-order valence-electron chi connectivity index (χ3n) is 4.27. The van der Waals surface area contributed by atoms with Crippen LogP contribution in [0.15, 0.2) is 11.1 Å². The molecule has 3 rings (SSSR count). The van der Waals surface area contributed by atoms with Crippen molar-refractivity contribution in [3.8, 4) is 0 Å². The molecule has 2 aromatic heterocycles. The molecule has 0 spiro atoms. The number of nitrogen functional groups attached to an aromatic ring is 1. The number of aliphatic hydroxyl groups excluding tert-OH is 2. The lowest BCUT2D eigenvalue weighted by Gasteiger charge is -2.19. The summed E-state index contributed by atoms with van der Waals surface area (Å²) in [5.74, 6) is -0.188. The van der Waals surface area contributed by atoms with E-state index in [2.05, 4.69) is 23.1 Å². The zero-order valence-electron chi connectivity index (χ0n) is 16.3. The highest BCUT2D eigenvalue weighted by molar-refractivity contribution is 7.66. The monoisotopic (exact) mass is 537 g/mol. The molecule has 2 aromatic rings. The van der Waals surface area contributed by atoms with Crippen molar-refractivity contribution >= 4 is 40.6 Å². The summed E-state index contributed by atoms with van der Waals surface area (Å²) in [5.41, 5.74) is 4.82. The maximum absolute atomic E-state index is 12.2. The predicted octanol–water partition coefficient (Wildman–Crippen LogP) is -2.33. The SMILES string of the molecule is Cn1c(N)nc2c(ncn2[C@@H]2O[C@H](COP(=O)(O)OP(=O)(O)OP(=O)(O)O)[C@H](O)C2O)c1=O. The summed E-state index contributed by atoms with van der Waals surface area (Å²) in [6, 6.07) is 0. The number of nitrogens with zero attached hydrogens (tertiary/aromatic N) is 4. The molecule has 0 aliphatic carbocycles. The van der Waals surface area contributed by atoms with Gasteiger partial charge in [0, 0.05) is 7.05 Å². The fourth-order valence-electron chi connectivity index (χ4n) is 2.82. The highest BCUT2D eigenvalue weighted by atomic mass is 31.3. The number of phosphoric ester groups is 1. The molecule has 0 saturated carbocycles. The number of hydrogen-bond acceptors (Lipinski definition) is 13. The lowest BCUT2D eigenvalue weighted by atomic mass is 10.1. The molecule has 6 atom stereocenters. The van der Waals surface area contributed by atoms with Gasteiger partial charge in [-0.2, -0.15) is 13.6 Å². The molecule has 33 heavy (non-hydrogen) atoms. The van der Waals surface area contributed by atoms with E-state index in [0.717, 1.165) is 15.5 Å². The topological polar surface area (TPSA) is 288 Å². The summed E-state index contributed by atoms with van der Waals surface area (Å²) in [4.78, 5) is 55.7. The Morgan fingerprint density at radius 1 is 1.12 bits per heavy atom. The number of imidazole rings is 1. The van der Waals surface area contributed by atoms with E-state index in [9.17, 15) is 33.6 Å². The second kappa shape index (κ2) is 8.90. The van der Waals surface area contributed by atoms with Gasteiger partial charge in [-0.1, -0.05) is 0 Å². The molecule has 0 amide bonds. The molecule has 1 aliphatic heterocycles. The normalized spacial score (nSPS) is 27.5. The molecule has 0 radical (unpaired) electrons. The number of phosphoric acid groups is 3. The summed E-state index contributed by atoms with van der Waals surface area (Å²) in [7, 11) is -15.4. The Morgan fingerprint density at radius 2 is 1.76 bits per heavy atom. The Kier molecular flexibility index (Phi) is 7.03. The number of anilines is 1. The molecule has 1 fully saturated rings. The van der Waals surface area contributed by atoms with E-state index >= 15 is 0 Å². The van der Waals surface area contributed by atoms with E-state index in [1.165, 1.54) is 7.05 Å². The fraction of sp³-hybridized carbons (Fsp3) is 0.545. The van der Waals surface area contributed by atoms with Crippen molar-refractivity contribution in [2.75, 3.05) is 12.3 Å². The summed E-state index contributed by atoms with van der Waals surface area (Å²) >= 11 is 0. The van der Waals surface area contributed by atoms with Gasteiger partial charge in [-0.3, -0.25) is 18.5 Å². The molecule has 22 heteroatoms. The Labute approximate surface area is 182 Å². The van der Waals surface area contributed by atoms with Gasteiger partial charge >= 0.3 is 23.5 Å². The summed E-state index contributed by atoms with van der Waals surface area (Å²) in [6.45, 7) is -1.01. The van der Waals surface area contributed by atoms with Crippen molar-refractivity contribution in [2.24, 2.45) is 7.05 Å². The van der Waals surface area contributed by atoms with E-state index in [0.29, 0.717) is 0 Å². The molecule has 1 aliphatic rings. The number of aliphatic hydroxyl groups is 2. The van der Waals surface area contributed by atoms with Gasteiger partial charge in [0.15, 0.2) is 17.4 Å². The van der Waals surface area contributed by atoms with Crippen molar-refractivity contribution in [3.05, 3.63) is 16.7 Å². The van der Waals surface area contributed by atoms with Crippen LogP contribution in [0.3, 0.4) is 0 Å². The van der Waals surface area contributed by atoms with Crippen molar-refractivity contribution in [1.29, 1.82) is 0 Å². The van der Waals surface area contributed by atoms with Crippen LogP contribution in [0, 0.1) is 0 Å². The summed E-state index contributed by atoms with van der Waals surface area (Å²) < 4.78 is 52.8. The third kappa shape index (κ3) is 5.75. The third-order valence-corrected chi connectivity index (χ3v) is 8.07. The van der Waals surface area contributed by atoms with E-state index in [4.69, 9.17) is 25.2 Å². The van der Waals surface area contributed by atoms with E-state index in [-0.39, 0.29) is 17.1 Å². The summed E-state index contributed by atoms with van der Waals surface area (Å²) in [6.07, 6.45) is -5.31. The summed E-state index contributed by atoms with van der Waals surface area (Å²) in [5, 5.41) is 20.5. The molecule has 0 aromatic carbocycles. The Morgan fingerprint density at radius 3 is 2.36 bits per heavy atom. The van der Waals surface area contributed by atoms with E-state index in [1.54, 1.807) is 0 Å². The average Bonchev–Trinajstić information content (AvgIpc) is 3.17. The fourth-order valence-corrected chi connectivity index (χ4v) is 5.85. The van der Waals surface area contributed by atoms with Crippen LogP contribution in [0.2, 0.25) is 0 Å². The van der Waals surface area contributed by atoms with Crippen molar-refractivity contribution in [3.63, 3.8) is 0 Å². The molecule has 19 nitrogen and oxygen atoms in total. The Hall–Kier alpha value is -1.56. The highest BCUT2D eigenvalue weighted by Gasteiger charge is 2.47. The largest absolute Gasteiger partial charge is 0.490 e. The highest BCUT2D eigenvalue weighted by Crippen LogP contribution is 2.66. The smallest absolute Gasteiger partial charge is 0.387 e. The minimum absolute atomic E-state index is 0.0969. The van der Waals surface area contributed by atoms with Gasteiger partial charge < -0.3 is 40.3 Å². The van der Waals surface area contributed by atoms with Crippen LogP contribution >= 0.6 is 23.5 Å². The zero-order valence-corrected chi connectivity index (χ0v) is 18.9. The number of aromatic nitrogens is 4. The van der Waals surface area contributed by atoms with Gasteiger partial charge in [-0.25, -0.2) is 18.7 Å². The minimum atomic E-state index is -5.73. The molecular weight excluding hydrogens is 519 g/mol. The number of fused-ring (bicyclic) bond motifs is 1. The first kappa shape index (κ1) is 26.1. The minimum Gasteiger partial charge on any atom is -0.387 e. The van der Waals surface area contributed by atoms with Gasteiger partial charge in [0.25, 0.3) is 5.56 Å². The Bertz CT molecular complexity index is 1260. The lowest BCUT2D eigenvalue weighted by molar-refractivity contribution is -0.0503. The number of ether oxygens (including phenoxy) is 1. The lowest BCUT2D eigenvalue weighted by Crippen LogP contribution is -2.33. The van der Waals surface area contributed by atoms with E-state index in [1.807, 2.05) is 0 Å². The standard InChI is InChI=1S/C11H18N5O14P3/c1-15-9(19)5-8(14-11(15)12)16(3-13-5)10-7(18)6(17)4(28-10)2-27-32(23,24)30-33(25,26)29-31(20,21)22/h3-4,6-7,10,17-18H,2H2,1H3,(H2,12,14)(H,23,24)(H,25,26)(H2,20,21,22)/t4-,6+,7?,10-/m1/s1. The van der Waals surface area contributed by atoms with Gasteiger partial charge in [0.1, 0.15) is 18.3 Å². The zero-order chi connectivity index (χ0) is 24.9. The van der Waals surface area contributed by atoms with Crippen LogP contribution in [0.25, 0.3) is 11.2 Å². The first-order valence-corrected chi connectivity index (χ1v) is 13.0.